The van der Waals surface area contributed by atoms with Gasteiger partial charge in [-0.05, 0) is 19.5 Å². The van der Waals surface area contributed by atoms with Crippen molar-refractivity contribution < 1.29 is 14.4 Å². The summed E-state index contributed by atoms with van der Waals surface area (Å²) in [5, 5.41) is 15.5. The number of hydrogen-bond donors (Lipinski definition) is 2. The van der Waals surface area contributed by atoms with Gasteiger partial charge in [0.2, 0.25) is 0 Å². The fourth-order valence-corrected chi connectivity index (χ4v) is 2.04. The van der Waals surface area contributed by atoms with Gasteiger partial charge in [0.05, 0.1) is 12.6 Å². The van der Waals surface area contributed by atoms with Crippen LogP contribution in [0.5, 0.6) is 0 Å². The van der Waals surface area contributed by atoms with Crippen molar-refractivity contribution >= 4 is 5.91 Å². The van der Waals surface area contributed by atoms with Gasteiger partial charge in [-0.25, -0.2) is 0 Å². The predicted octanol–water partition coefficient (Wildman–Crippen LogP) is 1.42. The van der Waals surface area contributed by atoms with Crippen LogP contribution < -0.4 is 5.32 Å². The standard InChI is InChI=1S/C16H21N3O3/c1-12(20)9-17-16(21)15-8-14(22-18-15)11-19(2)10-13-6-4-3-5-7-13/h3-8,12,20H,9-11H2,1-2H3,(H,17,21)/t12-/m1/s1. The highest BCUT2D eigenvalue weighted by Crippen LogP contribution is 2.09. The van der Waals surface area contributed by atoms with E-state index in [1.54, 1.807) is 13.0 Å². The molecule has 0 saturated carbocycles. The molecule has 2 rings (SSSR count). The van der Waals surface area contributed by atoms with Gasteiger partial charge >= 0.3 is 0 Å². The van der Waals surface area contributed by atoms with E-state index in [9.17, 15) is 4.79 Å². The molecule has 1 aromatic carbocycles. The molecule has 0 radical (unpaired) electrons. The lowest BCUT2D eigenvalue weighted by Gasteiger charge is -2.14. The van der Waals surface area contributed by atoms with Crippen LogP contribution in [0.4, 0.5) is 0 Å². The molecule has 1 aromatic heterocycles. The average molecular weight is 303 g/mol. The Morgan fingerprint density at radius 1 is 1.36 bits per heavy atom. The molecule has 0 unspecified atom stereocenters. The van der Waals surface area contributed by atoms with E-state index in [4.69, 9.17) is 9.63 Å². The summed E-state index contributed by atoms with van der Waals surface area (Å²) in [5.74, 6) is 0.280. The van der Waals surface area contributed by atoms with Crippen molar-refractivity contribution in [1.29, 1.82) is 0 Å². The zero-order valence-corrected chi connectivity index (χ0v) is 12.8. The van der Waals surface area contributed by atoms with Gasteiger partial charge in [0.15, 0.2) is 11.5 Å². The van der Waals surface area contributed by atoms with Crippen LogP contribution in [0.25, 0.3) is 0 Å². The quantitative estimate of drug-likeness (QED) is 0.809. The number of carbonyl (C=O) groups is 1. The first-order valence-electron chi connectivity index (χ1n) is 7.19. The molecular weight excluding hydrogens is 282 g/mol. The molecule has 1 amide bonds. The van der Waals surface area contributed by atoms with E-state index in [0.29, 0.717) is 12.3 Å². The summed E-state index contributed by atoms with van der Waals surface area (Å²) in [6.07, 6.45) is -0.590. The predicted molar refractivity (Wildman–Crippen MR) is 82.1 cm³/mol. The topological polar surface area (TPSA) is 78.6 Å². The van der Waals surface area contributed by atoms with Gasteiger partial charge in [-0.2, -0.15) is 0 Å². The highest BCUT2D eigenvalue weighted by molar-refractivity contribution is 5.92. The largest absolute Gasteiger partial charge is 0.392 e. The number of rotatable bonds is 7. The van der Waals surface area contributed by atoms with Crippen molar-refractivity contribution in [3.8, 4) is 0 Å². The Morgan fingerprint density at radius 2 is 2.09 bits per heavy atom. The molecule has 0 saturated heterocycles. The van der Waals surface area contributed by atoms with Crippen LogP contribution in [-0.2, 0) is 13.1 Å². The maximum Gasteiger partial charge on any atom is 0.273 e. The van der Waals surface area contributed by atoms with Gasteiger partial charge in [0, 0.05) is 19.2 Å². The number of hydrogen-bond acceptors (Lipinski definition) is 5. The van der Waals surface area contributed by atoms with Crippen molar-refractivity contribution in [2.24, 2.45) is 0 Å². The molecule has 0 fully saturated rings. The van der Waals surface area contributed by atoms with Crippen molar-refractivity contribution in [1.82, 2.24) is 15.4 Å². The highest BCUT2D eigenvalue weighted by Gasteiger charge is 2.14. The normalized spacial score (nSPS) is 12.4. The van der Waals surface area contributed by atoms with E-state index in [-0.39, 0.29) is 18.1 Å². The van der Waals surface area contributed by atoms with Crippen LogP contribution in [0.15, 0.2) is 40.9 Å². The fourth-order valence-electron chi connectivity index (χ4n) is 2.04. The summed E-state index contributed by atoms with van der Waals surface area (Å²) in [6, 6.07) is 11.7. The van der Waals surface area contributed by atoms with E-state index in [2.05, 4.69) is 27.5 Å². The van der Waals surface area contributed by atoms with Crippen LogP contribution in [-0.4, -0.2) is 40.8 Å². The van der Waals surface area contributed by atoms with Crippen LogP contribution in [0.3, 0.4) is 0 Å². The van der Waals surface area contributed by atoms with Crippen LogP contribution >= 0.6 is 0 Å². The van der Waals surface area contributed by atoms with Gasteiger partial charge in [0.25, 0.3) is 5.91 Å². The molecule has 0 aliphatic carbocycles. The van der Waals surface area contributed by atoms with Gasteiger partial charge in [0.1, 0.15) is 0 Å². The molecule has 6 heteroatoms. The third kappa shape index (κ3) is 4.98. The minimum Gasteiger partial charge on any atom is -0.392 e. The number of benzene rings is 1. The second-order valence-corrected chi connectivity index (χ2v) is 5.40. The Hall–Kier alpha value is -2.18. The summed E-state index contributed by atoms with van der Waals surface area (Å²) in [7, 11) is 1.97. The molecule has 118 valence electrons. The van der Waals surface area contributed by atoms with E-state index < -0.39 is 6.10 Å². The highest BCUT2D eigenvalue weighted by atomic mass is 16.5. The number of aliphatic hydroxyl groups excluding tert-OH is 1. The van der Waals surface area contributed by atoms with E-state index >= 15 is 0 Å². The minimum atomic E-state index is -0.590. The SMILES string of the molecule is C[C@@H](O)CNC(=O)c1cc(CN(C)Cc2ccccc2)on1. The van der Waals surface area contributed by atoms with E-state index in [1.807, 2.05) is 25.2 Å². The smallest absolute Gasteiger partial charge is 0.273 e. The third-order valence-corrected chi connectivity index (χ3v) is 3.07. The number of aliphatic hydroxyl groups is 1. The summed E-state index contributed by atoms with van der Waals surface area (Å²) in [5.41, 5.74) is 1.43. The number of nitrogens with one attached hydrogen (secondary N) is 1. The van der Waals surface area contributed by atoms with Gasteiger partial charge in [-0.15, -0.1) is 0 Å². The Bertz CT molecular complexity index is 596. The zero-order valence-electron chi connectivity index (χ0n) is 12.8. The second-order valence-electron chi connectivity index (χ2n) is 5.40. The number of aromatic nitrogens is 1. The first-order chi connectivity index (χ1) is 10.5. The maximum atomic E-state index is 11.8. The van der Waals surface area contributed by atoms with E-state index in [0.717, 1.165) is 6.54 Å². The first-order valence-corrected chi connectivity index (χ1v) is 7.19. The Labute approximate surface area is 129 Å². The molecule has 2 aromatic rings. The molecule has 0 aliphatic heterocycles. The van der Waals surface area contributed by atoms with Crippen LogP contribution in [0.1, 0.15) is 28.7 Å². The van der Waals surface area contributed by atoms with Gasteiger partial charge in [-0.3, -0.25) is 9.69 Å². The second kappa shape index (κ2) is 7.72. The molecule has 0 bridgehead atoms. The number of nitrogens with zero attached hydrogens (tertiary/aromatic N) is 2. The molecule has 0 spiro atoms. The molecule has 1 heterocycles. The number of carbonyl (C=O) groups excluding carboxylic acids is 1. The third-order valence-electron chi connectivity index (χ3n) is 3.07. The average Bonchev–Trinajstić information content (AvgIpc) is 2.94. The van der Waals surface area contributed by atoms with Gasteiger partial charge in [-0.1, -0.05) is 35.5 Å². The van der Waals surface area contributed by atoms with Crippen molar-refractivity contribution in [3.63, 3.8) is 0 Å². The molecule has 2 N–H and O–H groups in total. The van der Waals surface area contributed by atoms with Crippen LogP contribution in [0, 0.1) is 0 Å². The lowest BCUT2D eigenvalue weighted by atomic mass is 10.2. The van der Waals surface area contributed by atoms with Crippen molar-refractivity contribution in [2.75, 3.05) is 13.6 Å². The Kier molecular flexibility index (Phi) is 5.68. The first kappa shape index (κ1) is 16.2. The van der Waals surface area contributed by atoms with Gasteiger partial charge < -0.3 is 14.9 Å². The monoisotopic (exact) mass is 303 g/mol. The lowest BCUT2D eigenvalue weighted by Crippen LogP contribution is -2.30. The lowest BCUT2D eigenvalue weighted by molar-refractivity contribution is 0.0915. The Morgan fingerprint density at radius 3 is 2.77 bits per heavy atom. The minimum absolute atomic E-state index is 0.189. The molecule has 22 heavy (non-hydrogen) atoms. The molecular formula is C16H21N3O3. The maximum absolute atomic E-state index is 11.8. The van der Waals surface area contributed by atoms with E-state index in [1.165, 1.54) is 5.56 Å². The van der Waals surface area contributed by atoms with Crippen molar-refractivity contribution in [3.05, 3.63) is 53.4 Å². The summed E-state index contributed by atoms with van der Waals surface area (Å²) >= 11 is 0. The zero-order chi connectivity index (χ0) is 15.9. The summed E-state index contributed by atoms with van der Waals surface area (Å²) in [4.78, 5) is 13.9. The fraction of sp³-hybridized carbons (Fsp3) is 0.375. The molecule has 0 aliphatic rings. The van der Waals surface area contributed by atoms with Crippen molar-refractivity contribution in [2.45, 2.75) is 26.1 Å². The summed E-state index contributed by atoms with van der Waals surface area (Å²) in [6.45, 7) is 3.14. The molecule has 1 atom stereocenters. The molecule has 6 nitrogen and oxygen atoms in total. The summed E-state index contributed by atoms with van der Waals surface area (Å²) < 4.78 is 5.19. The Balaban J connectivity index is 1.87. The number of amides is 1. The van der Waals surface area contributed by atoms with Crippen LogP contribution in [0.2, 0.25) is 0 Å².